The van der Waals surface area contributed by atoms with Gasteiger partial charge < -0.3 is 0 Å². The van der Waals surface area contributed by atoms with E-state index in [0.29, 0.717) is 0 Å². The van der Waals surface area contributed by atoms with Crippen molar-refractivity contribution in [3.8, 4) is 0 Å². The molecule has 0 unspecified atom stereocenters. The molecule has 0 N–H and O–H groups in total. The van der Waals surface area contributed by atoms with Crippen LogP contribution in [0, 0.1) is 0 Å². The van der Waals surface area contributed by atoms with Crippen LogP contribution < -0.4 is 0 Å². The van der Waals surface area contributed by atoms with E-state index in [-0.39, 0.29) is 0 Å². The van der Waals surface area contributed by atoms with E-state index in [1.54, 1.807) is 16.5 Å². The fraction of sp³-hybridized carbons (Fsp3) is 1.00. The van der Waals surface area contributed by atoms with Crippen molar-refractivity contribution in [2.24, 2.45) is 0 Å². The van der Waals surface area contributed by atoms with Gasteiger partial charge in [0.05, 0.1) is 0 Å². The summed E-state index contributed by atoms with van der Waals surface area (Å²) in [5.74, 6) is 0. The molecule has 1 heteroatoms. The molecule has 0 fully saturated rings. The molecular weight excluding hydrogens is 235 g/mol. The molecule has 0 aliphatic carbocycles. The van der Waals surface area contributed by atoms with Crippen molar-refractivity contribution < 1.29 is 20.3 Å². The van der Waals surface area contributed by atoms with Gasteiger partial charge in [0, 0.05) is 0 Å². The topological polar surface area (TPSA) is 0 Å². The number of hydrogen-bond acceptors (Lipinski definition) is 0. The molecule has 0 heterocycles. The van der Waals surface area contributed by atoms with Crippen LogP contribution in [0.3, 0.4) is 0 Å². The zero-order valence-electron chi connectivity index (χ0n) is 10.2. The summed E-state index contributed by atoms with van der Waals surface area (Å²) >= 11 is -1.56. The molecule has 0 rings (SSSR count). The van der Waals surface area contributed by atoms with Gasteiger partial charge in [-0.25, -0.2) is 0 Å². The van der Waals surface area contributed by atoms with Crippen molar-refractivity contribution in [2.45, 2.75) is 69.9 Å². The fourth-order valence-electron chi connectivity index (χ4n) is 2.87. The minimum atomic E-state index is -1.56. The van der Waals surface area contributed by atoms with Crippen molar-refractivity contribution in [1.82, 2.24) is 0 Å². The molecule has 0 amide bonds. The molecular formula is C12H28Zr. The molecule has 0 aromatic carbocycles. The Balaban J connectivity index is 4.19. The molecule has 0 atom stereocenters. The Labute approximate surface area is 89.9 Å². The first-order valence-corrected chi connectivity index (χ1v) is 13.2. The third kappa shape index (κ3) is 5.35. The van der Waals surface area contributed by atoms with Crippen molar-refractivity contribution in [1.29, 1.82) is 0 Å². The Kier molecular flexibility index (Phi) is 8.77. The summed E-state index contributed by atoms with van der Waals surface area (Å²) in [7, 11) is 0. The first kappa shape index (κ1) is 13.9. The van der Waals surface area contributed by atoms with Crippen LogP contribution in [0.5, 0.6) is 0 Å². The minimum absolute atomic E-state index is 1.45. The van der Waals surface area contributed by atoms with Crippen LogP contribution in [0.2, 0.25) is 16.5 Å². The monoisotopic (exact) mass is 262 g/mol. The SMILES string of the molecule is CC[CH2][Zr]([CH2]CC)([CH2]CC)[CH2]CC. The van der Waals surface area contributed by atoms with Gasteiger partial charge in [-0.05, 0) is 0 Å². The molecule has 0 spiro atoms. The molecule has 80 valence electrons. The Hall–Kier alpha value is 0.883. The van der Waals surface area contributed by atoms with E-state index < -0.39 is 20.3 Å². The molecule has 0 aliphatic rings. The maximum atomic E-state index is 2.38. The molecule has 0 aromatic rings. The van der Waals surface area contributed by atoms with Crippen LogP contribution in [-0.2, 0) is 20.3 Å². The second-order valence-corrected chi connectivity index (χ2v) is 16.8. The van der Waals surface area contributed by atoms with Crippen LogP contribution in [0.25, 0.3) is 0 Å². The Bertz CT molecular complexity index is 80.2. The predicted molar refractivity (Wildman–Crippen MR) is 60.4 cm³/mol. The first-order chi connectivity index (χ1) is 6.24. The van der Waals surface area contributed by atoms with E-state index >= 15 is 0 Å². The van der Waals surface area contributed by atoms with Crippen LogP contribution in [0.15, 0.2) is 0 Å². The molecule has 0 saturated heterocycles. The summed E-state index contributed by atoms with van der Waals surface area (Å²) in [5, 5.41) is 0. The molecule has 0 aliphatic heterocycles. The normalized spacial score (nSPS) is 12.0. The standard InChI is InChI=1S/4C3H7.Zr/c4*1-3-2;/h4*1,3H2,2H3;. The van der Waals surface area contributed by atoms with Gasteiger partial charge in [0.1, 0.15) is 0 Å². The summed E-state index contributed by atoms with van der Waals surface area (Å²) < 4.78 is 6.63. The van der Waals surface area contributed by atoms with Gasteiger partial charge in [0.25, 0.3) is 0 Å². The zero-order chi connectivity index (χ0) is 10.2. The van der Waals surface area contributed by atoms with Gasteiger partial charge in [-0.1, -0.05) is 0 Å². The van der Waals surface area contributed by atoms with E-state index in [9.17, 15) is 0 Å². The second kappa shape index (κ2) is 8.21. The molecule has 0 radical (unpaired) electrons. The van der Waals surface area contributed by atoms with Gasteiger partial charge in [0.2, 0.25) is 0 Å². The summed E-state index contributed by atoms with van der Waals surface area (Å²) in [6.45, 7) is 9.53. The predicted octanol–water partition coefficient (Wildman–Crippen LogP) is 5.45. The van der Waals surface area contributed by atoms with Crippen molar-refractivity contribution in [2.75, 3.05) is 0 Å². The van der Waals surface area contributed by atoms with Gasteiger partial charge in [-0.15, -0.1) is 0 Å². The third-order valence-electron chi connectivity index (χ3n) is 3.12. The Morgan fingerprint density at radius 2 is 0.769 bits per heavy atom. The average Bonchev–Trinajstić information content (AvgIpc) is 2.06. The first-order valence-electron chi connectivity index (χ1n) is 6.24. The number of hydrogen-bond donors (Lipinski definition) is 0. The van der Waals surface area contributed by atoms with Gasteiger partial charge >= 0.3 is 90.2 Å². The quantitative estimate of drug-likeness (QED) is 0.546. The van der Waals surface area contributed by atoms with Crippen molar-refractivity contribution >= 4 is 0 Å². The average molecular weight is 264 g/mol. The van der Waals surface area contributed by atoms with E-state index in [1.807, 2.05) is 0 Å². The van der Waals surface area contributed by atoms with Crippen molar-refractivity contribution in [3.05, 3.63) is 0 Å². The Morgan fingerprint density at radius 3 is 0.923 bits per heavy atom. The van der Waals surface area contributed by atoms with E-state index in [2.05, 4.69) is 27.7 Å². The van der Waals surface area contributed by atoms with Crippen LogP contribution in [-0.4, -0.2) is 0 Å². The fourth-order valence-corrected chi connectivity index (χ4v) is 17.0. The van der Waals surface area contributed by atoms with Crippen LogP contribution in [0.4, 0.5) is 0 Å². The van der Waals surface area contributed by atoms with Gasteiger partial charge in [-0.2, -0.15) is 0 Å². The molecule has 13 heavy (non-hydrogen) atoms. The summed E-state index contributed by atoms with van der Waals surface area (Å²) in [6, 6.07) is 0. The van der Waals surface area contributed by atoms with E-state index in [4.69, 9.17) is 0 Å². The van der Waals surface area contributed by atoms with Gasteiger partial charge in [-0.3, -0.25) is 0 Å². The van der Waals surface area contributed by atoms with Crippen LogP contribution >= 0.6 is 0 Å². The van der Waals surface area contributed by atoms with Crippen molar-refractivity contribution in [3.63, 3.8) is 0 Å². The summed E-state index contributed by atoms with van der Waals surface area (Å²) in [4.78, 5) is 0. The third-order valence-corrected chi connectivity index (χ3v) is 18.5. The molecule has 0 bridgehead atoms. The van der Waals surface area contributed by atoms with E-state index in [0.717, 1.165) is 0 Å². The zero-order valence-corrected chi connectivity index (χ0v) is 12.6. The molecule has 0 aromatic heterocycles. The Morgan fingerprint density at radius 1 is 0.538 bits per heavy atom. The van der Waals surface area contributed by atoms with Crippen LogP contribution in [0.1, 0.15) is 53.4 Å². The maximum absolute atomic E-state index is 2.38. The summed E-state index contributed by atoms with van der Waals surface area (Å²) in [5.41, 5.74) is 0. The van der Waals surface area contributed by atoms with Gasteiger partial charge in [0.15, 0.2) is 0 Å². The molecule has 0 saturated carbocycles. The second-order valence-electron chi connectivity index (χ2n) is 4.50. The molecule has 0 nitrogen and oxygen atoms in total. The van der Waals surface area contributed by atoms with E-state index in [1.165, 1.54) is 25.7 Å². The number of rotatable bonds is 8. The summed E-state index contributed by atoms with van der Waals surface area (Å²) in [6.07, 6.45) is 5.82.